The van der Waals surface area contributed by atoms with E-state index in [0.29, 0.717) is 10.3 Å². The zero-order chi connectivity index (χ0) is 12.9. The van der Waals surface area contributed by atoms with Crippen molar-refractivity contribution in [3.8, 4) is 0 Å². The van der Waals surface area contributed by atoms with Crippen LogP contribution in [-0.4, -0.2) is 37.2 Å². The molecule has 0 aliphatic heterocycles. The van der Waals surface area contributed by atoms with Crippen molar-refractivity contribution in [1.82, 2.24) is 0 Å². The van der Waals surface area contributed by atoms with Gasteiger partial charge in [-0.25, -0.2) is 0 Å². The molecule has 0 aromatic carbocycles. The first-order valence-electron chi connectivity index (χ1n) is 6.57. The van der Waals surface area contributed by atoms with E-state index in [1.54, 1.807) is 7.11 Å². The summed E-state index contributed by atoms with van der Waals surface area (Å²) in [4.78, 5) is 0. The molecule has 0 saturated carbocycles. The summed E-state index contributed by atoms with van der Waals surface area (Å²) in [6.07, 6.45) is 7.09. The topological polar surface area (TPSA) is 29.5 Å². The van der Waals surface area contributed by atoms with Crippen LogP contribution >= 0.6 is 22.6 Å². The van der Waals surface area contributed by atoms with Gasteiger partial charge in [-0.1, -0.05) is 33.1 Å². The van der Waals surface area contributed by atoms with Crippen molar-refractivity contribution in [1.29, 1.82) is 0 Å². The Bertz CT molecular complexity index is 201. The highest BCUT2D eigenvalue weighted by molar-refractivity contribution is 8.22. The van der Waals surface area contributed by atoms with Gasteiger partial charge in [-0.2, -0.15) is 22.6 Å². The molecule has 5 heteroatoms. The van der Waals surface area contributed by atoms with Crippen LogP contribution < -0.4 is 0 Å². The molecule has 0 amide bonds. The lowest BCUT2D eigenvalue weighted by molar-refractivity contribution is 0.455. The first kappa shape index (κ1) is 17.7. The van der Waals surface area contributed by atoms with Gasteiger partial charge in [-0.15, -0.1) is 0 Å². The molecule has 1 atom stereocenters. The van der Waals surface area contributed by atoms with Gasteiger partial charge in [0, 0.05) is 18.8 Å². The number of hydrogen-bond acceptors (Lipinski definition) is 2. The number of thiol groups is 1. The molecular formula is C12H28O2S2Si. The van der Waals surface area contributed by atoms with E-state index >= 15 is 0 Å². The van der Waals surface area contributed by atoms with E-state index in [9.17, 15) is 5.11 Å². The molecule has 104 valence electrons. The Morgan fingerprint density at radius 3 is 2.71 bits per heavy atom. The first-order chi connectivity index (χ1) is 8.24. The van der Waals surface area contributed by atoms with Crippen LogP contribution in [0.5, 0.6) is 0 Å². The molecule has 1 N–H and O–H groups in total. The number of rotatable bonds is 11. The van der Waals surface area contributed by atoms with Crippen molar-refractivity contribution >= 4 is 36.5 Å². The van der Waals surface area contributed by atoms with Gasteiger partial charge in [0.1, 0.15) is 0 Å². The second-order valence-electron chi connectivity index (χ2n) is 4.19. The standard InChI is InChI=1S/C12H28O2S2Si/c1-4-6-7-8-11(16-17-14-3)10-12(13)15-9-5-2/h11,13,15H,4-10,17H2,1-3H3. The maximum Gasteiger partial charge on any atom is 0.221 e. The van der Waals surface area contributed by atoms with Crippen LogP contribution in [0.3, 0.4) is 0 Å². The predicted molar refractivity (Wildman–Crippen MR) is 87.5 cm³/mol. The maximum atomic E-state index is 9.87. The maximum absolute atomic E-state index is 9.87. The highest BCUT2D eigenvalue weighted by atomic mass is 32.4. The van der Waals surface area contributed by atoms with E-state index in [0.717, 1.165) is 29.9 Å². The summed E-state index contributed by atoms with van der Waals surface area (Å²) >= 11 is 3.09. The van der Waals surface area contributed by atoms with Gasteiger partial charge in [0.15, 0.2) is 0 Å². The monoisotopic (exact) mass is 296 g/mol. The van der Waals surface area contributed by atoms with E-state index in [2.05, 4.69) is 13.8 Å². The molecule has 0 heterocycles. The van der Waals surface area contributed by atoms with E-state index < -0.39 is 8.91 Å². The molecule has 17 heavy (non-hydrogen) atoms. The first-order valence-corrected chi connectivity index (χ1v) is 11.0. The van der Waals surface area contributed by atoms with Crippen LogP contribution in [0.25, 0.3) is 0 Å². The molecule has 0 rings (SSSR count). The van der Waals surface area contributed by atoms with Gasteiger partial charge in [0.25, 0.3) is 0 Å². The fourth-order valence-corrected chi connectivity index (χ4v) is 5.27. The Hall–Kier alpha value is 0.707. The summed E-state index contributed by atoms with van der Waals surface area (Å²) in [7, 11) is 1.36. The van der Waals surface area contributed by atoms with Crippen LogP contribution in [0.4, 0.5) is 0 Å². The Kier molecular flexibility index (Phi) is 13.7. The number of aliphatic hydroxyl groups excluding tert-OH is 1. The molecule has 0 spiro atoms. The normalized spacial score (nSPS) is 15.2. The highest BCUT2D eigenvalue weighted by Gasteiger charge is 2.10. The van der Waals surface area contributed by atoms with Crippen LogP contribution in [0, 0.1) is 0 Å². The van der Waals surface area contributed by atoms with Gasteiger partial charge in [-0.3, -0.25) is 0 Å². The van der Waals surface area contributed by atoms with Crippen molar-refractivity contribution in [2.45, 2.75) is 57.6 Å². The molecule has 0 bridgehead atoms. The third-order valence-electron chi connectivity index (χ3n) is 2.48. The van der Waals surface area contributed by atoms with Crippen LogP contribution in [0.1, 0.15) is 52.4 Å². The minimum atomic E-state index is -0.433. The fraction of sp³-hybridized carbons (Fsp3) is 0.917. The lowest BCUT2D eigenvalue weighted by Crippen LogP contribution is -2.12. The van der Waals surface area contributed by atoms with Crippen LogP contribution in [0.15, 0.2) is 0 Å². The molecule has 1 unspecified atom stereocenters. The molecule has 0 saturated heterocycles. The average Bonchev–Trinajstić information content (AvgIpc) is 2.33. The quantitative estimate of drug-likeness (QED) is 0.265. The number of aliphatic hydroxyl groups is 1. The van der Waals surface area contributed by atoms with Crippen LogP contribution in [-0.2, 0) is 4.43 Å². The van der Waals surface area contributed by atoms with E-state index in [-0.39, 0.29) is 0 Å². The van der Waals surface area contributed by atoms with Gasteiger partial charge in [0.05, 0.1) is 5.05 Å². The van der Waals surface area contributed by atoms with Gasteiger partial charge >= 0.3 is 0 Å². The highest BCUT2D eigenvalue weighted by Crippen LogP contribution is 2.21. The SMILES string of the molecule is CCCCCC(CC(O)=[SH]CCC)S[SiH2]OC. The minimum Gasteiger partial charge on any atom is -0.416 e. The summed E-state index contributed by atoms with van der Waals surface area (Å²) in [5.41, 5.74) is 0. The van der Waals surface area contributed by atoms with Crippen molar-refractivity contribution in [2.75, 3.05) is 12.9 Å². The lowest BCUT2D eigenvalue weighted by Gasteiger charge is -2.15. The zero-order valence-electron chi connectivity index (χ0n) is 11.4. The fourth-order valence-electron chi connectivity index (χ4n) is 1.54. The molecule has 2 nitrogen and oxygen atoms in total. The lowest BCUT2D eigenvalue weighted by atomic mass is 10.1. The summed E-state index contributed by atoms with van der Waals surface area (Å²) < 4.78 is 5.25. The van der Waals surface area contributed by atoms with E-state index in [1.807, 2.05) is 11.2 Å². The van der Waals surface area contributed by atoms with Gasteiger partial charge in [0.2, 0.25) is 8.91 Å². The molecule has 0 aliphatic rings. The third-order valence-corrected chi connectivity index (χ3v) is 7.47. The second-order valence-corrected chi connectivity index (χ2v) is 8.99. The van der Waals surface area contributed by atoms with Crippen molar-refractivity contribution in [3.63, 3.8) is 0 Å². The third kappa shape index (κ3) is 11.5. The molecule has 0 aliphatic carbocycles. The van der Waals surface area contributed by atoms with Crippen molar-refractivity contribution < 1.29 is 9.53 Å². The Morgan fingerprint density at radius 2 is 2.12 bits per heavy atom. The predicted octanol–water partition coefficient (Wildman–Crippen LogP) is 3.27. The van der Waals surface area contributed by atoms with Crippen molar-refractivity contribution in [3.05, 3.63) is 0 Å². The molecule has 0 fully saturated rings. The largest absolute Gasteiger partial charge is 0.416 e. The Labute approximate surface area is 116 Å². The Morgan fingerprint density at radius 1 is 1.35 bits per heavy atom. The van der Waals surface area contributed by atoms with Crippen LogP contribution in [0.2, 0.25) is 0 Å². The summed E-state index contributed by atoms with van der Waals surface area (Å²) in [5, 5.41) is 11.1. The number of hydrogen-bond donors (Lipinski definition) is 2. The summed E-state index contributed by atoms with van der Waals surface area (Å²) in [6, 6.07) is 0. The summed E-state index contributed by atoms with van der Waals surface area (Å²) in [5.74, 6) is 1.08. The van der Waals surface area contributed by atoms with Gasteiger partial charge < -0.3 is 9.53 Å². The Balaban J connectivity index is 3.98. The van der Waals surface area contributed by atoms with Gasteiger partial charge in [-0.05, 0) is 18.6 Å². The van der Waals surface area contributed by atoms with Crippen molar-refractivity contribution in [2.24, 2.45) is 0 Å². The molecule has 0 radical (unpaired) electrons. The molecule has 0 aromatic rings. The van der Waals surface area contributed by atoms with E-state index in [4.69, 9.17) is 4.43 Å². The average molecular weight is 297 g/mol. The smallest absolute Gasteiger partial charge is 0.221 e. The van der Waals surface area contributed by atoms with E-state index in [1.165, 1.54) is 25.7 Å². The summed E-state index contributed by atoms with van der Waals surface area (Å²) in [6.45, 7) is 4.39. The molecular weight excluding hydrogens is 268 g/mol. The minimum absolute atomic E-state index is 0.433. The zero-order valence-corrected chi connectivity index (χ0v) is 14.6. The number of unbranched alkanes of at least 4 members (excludes halogenated alkanes) is 2. The second kappa shape index (κ2) is 13.1. The molecule has 0 aromatic heterocycles.